The first-order valence-corrected chi connectivity index (χ1v) is 7.43. The maximum Gasteiger partial charge on any atom is 0.261 e. The van der Waals surface area contributed by atoms with Crippen LogP contribution in [-0.2, 0) is 19.3 Å². The summed E-state index contributed by atoms with van der Waals surface area (Å²) in [6, 6.07) is 6.01. The molecule has 0 saturated carbocycles. The summed E-state index contributed by atoms with van der Waals surface area (Å²) in [4.78, 5) is 18.3. The van der Waals surface area contributed by atoms with Crippen LogP contribution >= 0.6 is 11.3 Å². The molecule has 1 aliphatic rings. The average molecular weight is 272 g/mol. The van der Waals surface area contributed by atoms with Crippen molar-refractivity contribution in [2.75, 3.05) is 6.54 Å². The van der Waals surface area contributed by atoms with E-state index in [1.54, 1.807) is 17.5 Å². The van der Waals surface area contributed by atoms with Gasteiger partial charge in [0.05, 0.1) is 4.88 Å². The number of nitrogens with one attached hydrogen (secondary N) is 1. The number of rotatable bonds is 4. The number of amides is 1. The predicted octanol–water partition coefficient (Wildman–Crippen LogP) is 2.60. The Labute approximate surface area is 116 Å². The Morgan fingerprint density at radius 1 is 1.42 bits per heavy atom. The maximum absolute atomic E-state index is 12.0. The summed E-state index contributed by atoms with van der Waals surface area (Å²) in [6.45, 7) is 0.660. The third-order valence-electron chi connectivity index (χ3n) is 3.39. The first-order chi connectivity index (χ1) is 9.33. The van der Waals surface area contributed by atoms with Gasteiger partial charge in [-0.15, -0.1) is 11.3 Å². The molecular formula is C15H16N2OS. The van der Waals surface area contributed by atoms with Gasteiger partial charge >= 0.3 is 0 Å². The van der Waals surface area contributed by atoms with Gasteiger partial charge in [0.2, 0.25) is 0 Å². The third-order valence-corrected chi connectivity index (χ3v) is 4.63. The molecule has 98 valence electrons. The molecule has 0 aromatic carbocycles. The van der Waals surface area contributed by atoms with Crippen LogP contribution in [0, 0.1) is 0 Å². The van der Waals surface area contributed by atoms with Crippen LogP contribution in [0.4, 0.5) is 0 Å². The number of nitrogens with zero attached hydrogens (tertiary/aromatic N) is 1. The molecule has 0 unspecified atom stereocenters. The zero-order valence-corrected chi connectivity index (χ0v) is 11.5. The number of hydrogen-bond donors (Lipinski definition) is 1. The van der Waals surface area contributed by atoms with E-state index in [1.165, 1.54) is 16.9 Å². The molecule has 0 atom stereocenters. The Morgan fingerprint density at radius 2 is 2.37 bits per heavy atom. The van der Waals surface area contributed by atoms with Crippen LogP contribution in [0.3, 0.4) is 0 Å². The molecule has 1 amide bonds. The van der Waals surface area contributed by atoms with E-state index in [0.717, 1.165) is 29.7 Å². The van der Waals surface area contributed by atoms with Gasteiger partial charge in [-0.25, -0.2) is 0 Å². The second-order valence-electron chi connectivity index (χ2n) is 4.78. The normalized spacial score (nSPS) is 13.3. The fourth-order valence-electron chi connectivity index (χ4n) is 2.39. The second kappa shape index (κ2) is 5.53. The molecule has 4 heteroatoms. The molecule has 0 fully saturated rings. The van der Waals surface area contributed by atoms with Gasteiger partial charge in [-0.05, 0) is 48.9 Å². The first kappa shape index (κ1) is 12.4. The van der Waals surface area contributed by atoms with Gasteiger partial charge in [-0.1, -0.05) is 6.07 Å². The molecule has 0 bridgehead atoms. The number of carbonyl (C=O) groups is 1. The van der Waals surface area contributed by atoms with E-state index in [4.69, 9.17) is 0 Å². The summed E-state index contributed by atoms with van der Waals surface area (Å²) in [5, 5.41) is 2.98. The second-order valence-corrected chi connectivity index (χ2v) is 5.92. The Bertz CT molecular complexity index is 556. The maximum atomic E-state index is 12.0. The number of hydrogen-bond acceptors (Lipinski definition) is 3. The number of thiophene rings is 1. The minimum Gasteiger partial charge on any atom is -0.351 e. The van der Waals surface area contributed by atoms with Gasteiger partial charge in [-0.3, -0.25) is 9.78 Å². The number of aryl methyl sites for hydroxylation is 2. The van der Waals surface area contributed by atoms with E-state index in [-0.39, 0.29) is 5.91 Å². The molecule has 2 heterocycles. The minimum atomic E-state index is 0.0586. The summed E-state index contributed by atoms with van der Waals surface area (Å²) >= 11 is 1.65. The van der Waals surface area contributed by atoms with Crippen molar-refractivity contribution in [2.24, 2.45) is 0 Å². The summed E-state index contributed by atoms with van der Waals surface area (Å²) in [6.07, 6.45) is 7.94. The van der Waals surface area contributed by atoms with Crippen molar-refractivity contribution in [1.29, 1.82) is 0 Å². The zero-order chi connectivity index (χ0) is 13.1. The zero-order valence-electron chi connectivity index (χ0n) is 10.7. The Balaban J connectivity index is 1.54. The predicted molar refractivity (Wildman–Crippen MR) is 76.6 cm³/mol. The molecule has 1 N–H and O–H groups in total. The topological polar surface area (TPSA) is 42.0 Å². The average Bonchev–Trinajstić information content (AvgIpc) is 3.00. The molecule has 0 saturated heterocycles. The lowest BCUT2D eigenvalue weighted by atomic mass is 10.2. The number of pyridine rings is 1. The van der Waals surface area contributed by atoms with Crippen molar-refractivity contribution in [3.05, 3.63) is 51.5 Å². The minimum absolute atomic E-state index is 0.0586. The highest BCUT2D eigenvalue weighted by atomic mass is 32.1. The number of fused-ring (bicyclic) bond motifs is 1. The third kappa shape index (κ3) is 2.84. The number of aromatic nitrogens is 1. The van der Waals surface area contributed by atoms with Gasteiger partial charge in [0.15, 0.2) is 0 Å². The van der Waals surface area contributed by atoms with Gasteiger partial charge in [-0.2, -0.15) is 0 Å². The van der Waals surface area contributed by atoms with Crippen molar-refractivity contribution >= 4 is 17.2 Å². The van der Waals surface area contributed by atoms with Gasteiger partial charge in [0.25, 0.3) is 5.91 Å². The fraction of sp³-hybridized carbons (Fsp3) is 0.333. The van der Waals surface area contributed by atoms with Crippen LogP contribution < -0.4 is 5.32 Å². The van der Waals surface area contributed by atoms with Crippen molar-refractivity contribution in [3.63, 3.8) is 0 Å². The molecule has 3 nitrogen and oxygen atoms in total. The number of carbonyl (C=O) groups excluding carboxylic acids is 1. The highest BCUT2D eigenvalue weighted by molar-refractivity contribution is 7.14. The van der Waals surface area contributed by atoms with Gasteiger partial charge in [0.1, 0.15) is 0 Å². The van der Waals surface area contributed by atoms with Crippen LogP contribution in [0.1, 0.15) is 32.1 Å². The molecule has 0 radical (unpaired) electrons. The van der Waals surface area contributed by atoms with Crippen LogP contribution in [0.15, 0.2) is 30.6 Å². The highest BCUT2D eigenvalue weighted by Crippen LogP contribution is 2.30. The first-order valence-electron chi connectivity index (χ1n) is 6.61. The summed E-state index contributed by atoms with van der Waals surface area (Å²) < 4.78 is 0. The van der Waals surface area contributed by atoms with Crippen molar-refractivity contribution in [3.8, 4) is 0 Å². The summed E-state index contributed by atoms with van der Waals surface area (Å²) in [7, 11) is 0. The monoisotopic (exact) mass is 272 g/mol. The quantitative estimate of drug-likeness (QED) is 0.929. The Morgan fingerprint density at radius 3 is 3.16 bits per heavy atom. The van der Waals surface area contributed by atoms with Crippen LogP contribution in [0.5, 0.6) is 0 Å². The largest absolute Gasteiger partial charge is 0.351 e. The highest BCUT2D eigenvalue weighted by Gasteiger charge is 2.17. The standard InChI is InChI=1S/C15H16N2OS/c18-15(14-9-12-4-1-5-13(12)19-14)17-8-6-11-3-2-7-16-10-11/h2-3,7,9-10H,1,4-6,8H2,(H,17,18). The van der Waals surface area contributed by atoms with Crippen LogP contribution in [0.25, 0.3) is 0 Å². The lowest BCUT2D eigenvalue weighted by Gasteiger charge is -2.03. The van der Waals surface area contributed by atoms with E-state index in [0.29, 0.717) is 6.54 Å². The smallest absolute Gasteiger partial charge is 0.261 e. The molecule has 19 heavy (non-hydrogen) atoms. The molecular weight excluding hydrogens is 256 g/mol. The molecule has 2 aromatic heterocycles. The van der Waals surface area contributed by atoms with E-state index in [1.807, 2.05) is 18.3 Å². The van der Waals surface area contributed by atoms with E-state index in [2.05, 4.69) is 16.4 Å². The Hall–Kier alpha value is -1.68. The SMILES string of the molecule is O=C(NCCc1cccnc1)c1cc2c(s1)CCC2. The van der Waals surface area contributed by atoms with Gasteiger partial charge in [0, 0.05) is 23.8 Å². The van der Waals surface area contributed by atoms with Crippen molar-refractivity contribution in [1.82, 2.24) is 10.3 Å². The van der Waals surface area contributed by atoms with Crippen LogP contribution in [0.2, 0.25) is 0 Å². The molecule has 0 spiro atoms. The van der Waals surface area contributed by atoms with Crippen LogP contribution in [-0.4, -0.2) is 17.4 Å². The van der Waals surface area contributed by atoms with Crippen molar-refractivity contribution in [2.45, 2.75) is 25.7 Å². The van der Waals surface area contributed by atoms with E-state index in [9.17, 15) is 4.79 Å². The van der Waals surface area contributed by atoms with E-state index < -0.39 is 0 Å². The molecule has 1 aliphatic carbocycles. The lowest BCUT2D eigenvalue weighted by molar-refractivity contribution is 0.0958. The molecule has 0 aliphatic heterocycles. The summed E-state index contributed by atoms with van der Waals surface area (Å²) in [5.41, 5.74) is 2.53. The van der Waals surface area contributed by atoms with E-state index >= 15 is 0 Å². The summed E-state index contributed by atoms with van der Waals surface area (Å²) in [5.74, 6) is 0.0586. The van der Waals surface area contributed by atoms with Gasteiger partial charge < -0.3 is 5.32 Å². The molecule has 3 rings (SSSR count). The lowest BCUT2D eigenvalue weighted by Crippen LogP contribution is -2.24. The van der Waals surface area contributed by atoms with Crippen molar-refractivity contribution < 1.29 is 4.79 Å². The molecule has 2 aromatic rings. The fourth-order valence-corrected chi connectivity index (χ4v) is 3.56. The Kier molecular flexibility index (Phi) is 3.60.